The molecule has 0 bridgehead atoms. The van der Waals surface area contributed by atoms with Crippen LogP contribution >= 0.6 is 15.9 Å². The molecule has 2 rings (SSSR count). The summed E-state index contributed by atoms with van der Waals surface area (Å²) in [4.78, 5) is 0. The van der Waals surface area contributed by atoms with Crippen LogP contribution in [0, 0.1) is 5.82 Å². The van der Waals surface area contributed by atoms with Gasteiger partial charge >= 0.3 is 6.18 Å². The van der Waals surface area contributed by atoms with Gasteiger partial charge in [-0.1, -0.05) is 12.1 Å². The fraction of sp³-hybridized carbons (Fsp3) is 0.167. The third kappa shape index (κ3) is 2.66. The molecule has 0 fully saturated rings. The summed E-state index contributed by atoms with van der Waals surface area (Å²) in [6.45, 7) is 0. The zero-order valence-corrected chi connectivity index (χ0v) is 10.8. The van der Waals surface area contributed by atoms with Crippen molar-refractivity contribution in [2.45, 2.75) is 12.3 Å². The van der Waals surface area contributed by atoms with Crippen molar-refractivity contribution in [2.75, 3.05) is 0 Å². The molecule has 1 heterocycles. The number of furan rings is 1. The molecule has 1 N–H and O–H groups in total. The van der Waals surface area contributed by atoms with Gasteiger partial charge < -0.3 is 9.52 Å². The first-order chi connectivity index (χ1) is 8.82. The Hall–Kier alpha value is -1.34. The van der Waals surface area contributed by atoms with Crippen LogP contribution in [-0.2, 0) is 6.18 Å². The van der Waals surface area contributed by atoms with E-state index in [4.69, 9.17) is 4.42 Å². The number of rotatable bonds is 2. The van der Waals surface area contributed by atoms with Crippen molar-refractivity contribution < 1.29 is 27.1 Å². The largest absolute Gasteiger partial charge is 0.465 e. The Kier molecular flexibility index (Phi) is 3.69. The van der Waals surface area contributed by atoms with Crippen LogP contribution in [0.3, 0.4) is 0 Å². The molecule has 2 nitrogen and oxygen atoms in total. The highest BCUT2D eigenvalue weighted by Gasteiger charge is 2.36. The summed E-state index contributed by atoms with van der Waals surface area (Å²) in [7, 11) is 0. The van der Waals surface area contributed by atoms with Gasteiger partial charge in [-0.25, -0.2) is 4.39 Å². The minimum absolute atomic E-state index is 0.0572. The van der Waals surface area contributed by atoms with Crippen molar-refractivity contribution in [2.24, 2.45) is 0 Å². The first-order valence-electron chi connectivity index (χ1n) is 5.09. The van der Waals surface area contributed by atoms with Gasteiger partial charge in [0.15, 0.2) is 5.76 Å². The summed E-state index contributed by atoms with van der Waals surface area (Å²) in [6, 6.07) is 4.16. The molecule has 0 saturated heterocycles. The van der Waals surface area contributed by atoms with Gasteiger partial charge in [0, 0.05) is 5.56 Å². The first kappa shape index (κ1) is 14.1. The van der Waals surface area contributed by atoms with Gasteiger partial charge in [0.05, 0.1) is 16.3 Å². The van der Waals surface area contributed by atoms with Gasteiger partial charge in [-0.05, 0) is 28.1 Å². The molecule has 1 atom stereocenters. The summed E-state index contributed by atoms with van der Waals surface area (Å²) in [5.41, 5.74) is -1.92. The van der Waals surface area contributed by atoms with Crippen LogP contribution in [0.2, 0.25) is 0 Å². The summed E-state index contributed by atoms with van der Waals surface area (Å²) in [5.74, 6) is -1.57. The molecule has 0 aliphatic carbocycles. The van der Waals surface area contributed by atoms with Gasteiger partial charge in [0.2, 0.25) is 0 Å². The molecule has 7 heteroatoms. The normalized spacial score (nSPS) is 13.6. The van der Waals surface area contributed by atoms with E-state index in [1.807, 2.05) is 0 Å². The number of hydrogen-bond acceptors (Lipinski definition) is 2. The van der Waals surface area contributed by atoms with Gasteiger partial charge in [-0.15, -0.1) is 0 Å². The van der Waals surface area contributed by atoms with Gasteiger partial charge in [0.25, 0.3) is 0 Å². The maximum absolute atomic E-state index is 13.8. The Balaban J connectivity index is 2.50. The van der Waals surface area contributed by atoms with Crippen molar-refractivity contribution >= 4 is 15.9 Å². The minimum atomic E-state index is -4.82. The quantitative estimate of drug-likeness (QED) is 0.829. The van der Waals surface area contributed by atoms with Gasteiger partial charge in [0.1, 0.15) is 11.9 Å². The number of halogens is 5. The van der Waals surface area contributed by atoms with Crippen molar-refractivity contribution in [1.82, 2.24) is 0 Å². The molecule has 0 radical (unpaired) electrons. The highest BCUT2D eigenvalue weighted by atomic mass is 79.9. The van der Waals surface area contributed by atoms with E-state index in [0.717, 1.165) is 12.1 Å². The number of hydrogen-bond donors (Lipinski definition) is 1. The number of alkyl halides is 3. The standard InChI is InChI=1S/C12H7BrF4O2/c13-8-4-5-19-11(8)10(18)6-2-1-3-7(9(6)14)12(15,16)17/h1-5,10,18H. The van der Waals surface area contributed by atoms with Crippen molar-refractivity contribution in [3.63, 3.8) is 0 Å². The van der Waals surface area contributed by atoms with E-state index < -0.39 is 29.2 Å². The van der Waals surface area contributed by atoms with E-state index in [1.165, 1.54) is 12.3 Å². The third-order valence-corrected chi connectivity index (χ3v) is 3.18. The Morgan fingerprint density at radius 2 is 1.89 bits per heavy atom. The first-order valence-corrected chi connectivity index (χ1v) is 5.88. The summed E-state index contributed by atoms with van der Waals surface area (Å²) < 4.78 is 56.7. The molecule has 19 heavy (non-hydrogen) atoms. The van der Waals surface area contributed by atoms with Crippen molar-refractivity contribution in [3.8, 4) is 0 Å². The Morgan fingerprint density at radius 3 is 2.42 bits per heavy atom. The van der Waals surface area contributed by atoms with Crippen LogP contribution in [0.25, 0.3) is 0 Å². The molecule has 2 aromatic rings. The number of benzene rings is 1. The predicted molar refractivity (Wildman–Crippen MR) is 61.9 cm³/mol. The molecular formula is C12H7BrF4O2. The summed E-state index contributed by atoms with van der Waals surface area (Å²) in [5, 5.41) is 9.90. The minimum Gasteiger partial charge on any atom is -0.465 e. The number of aliphatic hydroxyl groups excluding tert-OH is 1. The van der Waals surface area contributed by atoms with Crippen LogP contribution in [0.4, 0.5) is 17.6 Å². The smallest absolute Gasteiger partial charge is 0.419 e. The second-order valence-electron chi connectivity index (χ2n) is 3.74. The Morgan fingerprint density at radius 1 is 1.21 bits per heavy atom. The SMILES string of the molecule is OC(c1cccc(C(F)(F)F)c1F)c1occc1Br. The average molecular weight is 339 g/mol. The molecule has 1 aromatic carbocycles. The topological polar surface area (TPSA) is 33.4 Å². The summed E-state index contributed by atoms with van der Waals surface area (Å²) >= 11 is 3.05. The molecular weight excluding hydrogens is 332 g/mol. The van der Waals surface area contributed by atoms with Crippen LogP contribution in [0.1, 0.15) is 23.0 Å². The van der Waals surface area contributed by atoms with E-state index in [9.17, 15) is 22.7 Å². The molecule has 0 saturated carbocycles. The second-order valence-corrected chi connectivity index (χ2v) is 4.60. The van der Waals surface area contributed by atoms with Crippen LogP contribution < -0.4 is 0 Å². The highest BCUT2D eigenvalue weighted by Crippen LogP contribution is 2.36. The van der Waals surface area contributed by atoms with E-state index in [-0.39, 0.29) is 5.76 Å². The van der Waals surface area contributed by atoms with E-state index in [0.29, 0.717) is 10.5 Å². The third-order valence-electron chi connectivity index (χ3n) is 2.52. The van der Waals surface area contributed by atoms with E-state index in [2.05, 4.69) is 15.9 Å². The molecule has 0 spiro atoms. The predicted octanol–water partition coefficient (Wildman–Crippen LogP) is 4.28. The van der Waals surface area contributed by atoms with Crippen LogP contribution in [0.5, 0.6) is 0 Å². The lowest BCUT2D eigenvalue weighted by Crippen LogP contribution is -2.12. The lowest BCUT2D eigenvalue weighted by molar-refractivity contribution is -0.140. The summed E-state index contributed by atoms with van der Waals surface area (Å²) in [6.07, 6.45) is -5.21. The molecule has 0 amide bonds. The number of aliphatic hydroxyl groups is 1. The zero-order chi connectivity index (χ0) is 14.2. The molecule has 0 aliphatic rings. The van der Waals surface area contributed by atoms with Gasteiger partial charge in [-0.2, -0.15) is 13.2 Å². The van der Waals surface area contributed by atoms with E-state index in [1.54, 1.807) is 0 Å². The molecule has 1 aromatic heterocycles. The van der Waals surface area contributed by atoms with Gasteiger partial charge in [-0.3, -0.25) is 0 Å². The van der Waals surface area contributed by atoms with Crippen molar-refractivity contribution in [3.05, 3.63) is 57.7 Å². The van der Waals surface area contributed by atoms with Crippen LogP contribution in [0.15, 0.2) is 39.4 Å². The van der Waals surface area contributed by atoms with Crippen molar-refractivity contribution in [1.29, 1.82) is 0 Å². The Labute approximate surface area is 113 Å². The fourth-order valence-corrected chi connectivity index (χ4v) is 2.04. The zero-order valence-electron chi connectivity index (χ0n) is 9.21. The Bertz CT molecular complexity index is 592. The molecule has 0 aliphatic heterocycles. The monoisotopic (exact) mass is 338 g/mol. The van der Waals surface area contributed by atoms with E-state index >= 15 is 0 Å². The lowest BCUT2D eigenvalue weighted by Gasteiger charge is -2.14. The maximum Gasteiger partial charge on any atom is 0.419 e. The average Bonchev–Trinajstić information content (AvgIpc) is 2.73. The lowest BCUT2D eigenvalue weighted by atomic mass is 10.0. The highest BCUT2D eigenvalue weighted by molar-refractivity contribution is 9.10. The fourth-order valence-electron chi connectivity index (χ4n) is 1.62. The van der Waals surface area contributed by atoms with Crippen LogP contribution in [-0.4, -0.2) is 5.11 Å². The molecule has 1 unspecified atom stereocenters. The second kappa shape index (κ2) is 4.97. The maximum atomic E-state index is 13.8. The molecule has 102 valence electrons.